The molecule has 1 fully saturated rings. The zero-order valence-corrected chi connectivity index (χ0v) is 9.51. The summed E-state index contributed by atoms with van der Waals surface area (Å²) in [6.45, 7) is 0.595. The second-order valence-corrected chi connectivity index (χ2v) is 4.63. The number of nitrogens with zero attached hydrogens (tertiary/aromatic N) is 2. The van der Waals surface area contributed by atoms with E-state index in [9.17, 15) is 4.79 Å². The minimum Gasteiger partial charge on any atom is -0.326 e. The standard InChI is InChI=1S/C12H19N3O/c13-11(10-4-2-1-3-5-10)8-15-9-14-7-6-12(15)16/h6-7,9-11H,1-5,8,13H2. The third-order valence-electron chi connectivity index (χ3n) is 3.46. The maximum absolute atomic E-state index is 11.5. The van der Waals surface area contributed by atoms with E-state index in [1.807, 2.05) is 0 Å². The van der Waals surface area contributed by atoms with Gasteiger partial charge in [-0.3, -0.25) is 9.36 Å². The first kappa shape index (κ1) is 11.3. The van der Waals surface area contributed by atoms with Crippen molar-refractivity contribution in [1.29, 1.82) is 0 Å². The van der Waals surface area contributed by atoms with Crippen LogP contribution in [0.1, 0.15) is 32.1 Å². The summed E-state index contributed by atoms with van der Waals surface area (Å²) in [6, 6.07) is 1.57. The first-order chi connectivity index (χ1) is 7.77. The summed E-state index contributed by atoms with van der Waals surface area (Å²) in [7, 11) is 0. The molecule has 0 aliphatic heterocycles. The van der Waals surface area contributed by atoms with E-state index in [0.717, 1.165) is 0 Å². The largest absolute Gasteiger partial charge is 0.326 e. The molecule has 0 radical (unpaired) electrons. The van der Waals surface area contributed by atoms with Gasteiger partial charge in [0.05, 0.1) is 6.33 Å². The maximum Gasteiger partial charge on any atom is 0.253 e. The van der Waals surface area contributed by atoms with Crippen molar-refractivity contribution >= 4 is 0 Å². The van der Waals surface area contributed by atoms with Crippen molar-refractivity contribution < 1.29 is 0 Å². The van der Waals surface area contributed by atoms with Crippen LogP contribution in [0.15, 0.2) is 23.4 Å². The Balaban J connectivity index is 1.98. The second kappa shape index (κ2) is 5.25. The van der Waals surface area contributed by atoms with E-state index in [1.54, 1.807) is 10.9 Å². The first-order valence-corrected chi connectivity index (χ1v) is 6.03. The molecule has 1 unspecified atom stereocenters. The summed E-state index contributed by atoms with van der Waals surface area (Å²) < 4.78 is 1.61. The second-order valence-electron chi connectivity index (χ2n) is 4.63. The number of hydrogen-bond donors (Lipinski definition) is 1. The summed E-state index contributed by atoms with van der Waals surface area (Å²) in [5, 5.41) is 0. The van der Waals surface area contributed by atoms with Gasteiger partial charge in [0.15, 0.2) is 0 Å². The predicted octanol–water partition coefficient (Wildman–Crippen LogP) is 1.15. The molecule has 88 valence electrons. The lowest BCUT2D eigenvalue weighted by molar-refractivity contribution is 0.283. The zero-order chi connectivity index (χ0) is 11.4. The topological polar surface area (TPSA) is 60.9 Å². The molecule has 4 nitrogen and oxygen atoms in total. The maximum atomic E-state index is 11.5. The van der Waals surface area contributed by atoms with Gasteiger partial charge in [0.25, 0.3) is 5.56 Å². The van der Waals surface area contributed by atoms with Gasteiger partial charge in [-0.05, 0) is 18.8 Å². The van der Waals surface area contributed by atoms with E-state index in [1.165, 1.54) is 44.4 Å². The van der Waals surface area contributed by atoms with Gasteiger partial charge in [-0.15, -0.1) is 0 Å². The quantitative estimate of drug-likeness (QED) is 0.833. The summed E-state index contributed by atoms with van der Waals surface area (Å²) >= 11 is 0. The molecule has 0 amide bonds. The van der Waals surface area contributed by atoms with Crippen molar-refractivity contribution in [2.24, 2.45) is 11.7 Å². The molecule has 1 aromatic rings. The number of rotatable bonds is 3. The van der Waals surface area contributed by atoms with Gasteiger partial charge in [0.2, 0.25) is 0 Å². The lowest BCUT2D eigenvalue weighted by atomic mass is 9.84. The van der Waals surface area contributed by atoms with E-state index in [-0.39, 0.29) is 11.6 Å². The lowest BCUT2D eigenvalue weighted by Crippen LogP contribution is -2.38. The Labute approximate surface area is 95.5 Å². The predicted molar refractivity (Wildman–Crippen MR) is 63.0 cm³/mol. The summed E-state index contributed by atoms with van der Waals surface area (Å²) in [4.78, 5) is 15.5. The molecule has 16 heavy (non-hydrogen) atoms. The molecule has 1 aliphatic carbocycles. The highest BCUT2D eigenvalue weighted by molar-refractivity contribution is 4.85. The normalized spacial score (nSPS) is 19.6. The summed E-state index contributed by atoms with van der Waals surface area (Å²) in [5.41, 5.74) is 6.15. The van der Waals surface area contributed by atoms with Crippen LogP contribution in [0.2, 0.25) is 0 Å². The summed E-state index contributed by atoms with van der Waals surface area (Å²) in [6.07, 6.45) is 9.39. The van der Waals surface area contributed by atoms with Crippen LogP contribution in [0.25, 0.3) is 0 Å². The van der Waals surface area contributed by atoms with E-state index in [0.29, 0.717) is 12.5 Å². The highest BCUT2D eigenvalue weighted by Gasteiger charge is 2.20. The zero-order valence-electron chi connectivity index (χ0n) is 9.51. The summed E-state index contributed by atoms with van der Waals surface area (Å²) in [5.74, 6) is 0.570. The fourth-order valence-corrected chi connectivity index (χ4v) is 2.45. The molecule has 1 heterocycles. The molecule has 0 spiro atoms. The molecule has 2 N–H and O–H groups in total. The van der Waals surface area contributed by atoms with Gasteiger partial charge in [0.1, 0.15) is 0 Å². The van der Waals surface area contributed by atoms with Crippen LogP contribution < -0.4 is 11.3 Å². The minimum atomic E-state index is -0.0127. The van der Waals surface area contributed by atoms with Crippen LogP contribution in [-0.2, 0) is 6.54 Å². The Morgan fingerprint density at radius 1 is 1.44 bits per heavy atom. The third kappa shape index (κ3) is 2.70. The van der Waals surface area contributed by atoms with Crippen LogP contribution in [0, 0.1) is 5.92 Å². The van der Waals surface area contributed by atoms with Gasteiger partial charge in [-0.2, -0.15) is 0 Å². The molecular formula is C12H19N3O. The van der Waals surface area contributed by atoms with Crippen LogP contribution in [0.4, 0.5) is 0 Å². The van der Waals surface area contributed by atoms with E-state index >= 15 is 0 Å². The van der Waals surface area contributed by atoms with Crippen LogP contribution in [-0.4, -0.2) is 15.6 Å². The fourth-order valence-electron chi connectivity index (χ4n) is 2.45. The van der Waals surface area contributed by atoms with Crippen molar-refractivity contribution in [2.75, 3.05) is 0 Å². The Bertz CT molecular complexity index is 382. The Kier molecular flexibility index (Phi) is 3.72. The molecule has 4 heteroatoms. The molecule has 1 aliphatic rings. The molecule has 1 aromatic heterocycles. The van der Waals surface area contributed by atoms with Crippen molar-refractivity contribution in [3.05, 3.63) is 28.9 Å². The Hall–Kier alpha value is -1.16. The first-order valence-electron chi connectivity index (χ1n) is 6.03. The minimum absolute atomic E-state index is 0.0127. The number of hydrogen-bond acceptors (Lipinski definition) is 3. The average Bonchev–Trinajstić information content (AvgIpc) is 2.33. The van der Waals surface area contributed by atoms with E-state index < -0.39 is 0 Å². The van der Waals surface area contributed by atoms with Crippen molar-refractivity contribution in [1.82, 2.24) is 9.55 Å². The van der Waals surface area contributed by atoms with Gasteiger partial charge in [-0.1, -0.05) is 19.3 Å². The fraction of sp³-hybridized carbons (Fsp3) is 0.667. The number of nitrogens with two attached hydrogens (primary N) is 1. The molecule has 0 saturated heterocycles. The van der Waals surface area contributed by atoms with Crippen molar-refractivity contribution in [3.8, 4) is 0 Å². The van der Waals surface area contributed by atoms with Crippen molar-refractivity contribution in [2.45, 2.75) is 44.7 Å². The van der Waals surface area contributed by atoms with Gasteiger partial charge in [0, 0.05) is 24.8 Å². The molecule has 0 aromatic carbocycles. The average molecular weight is 221 g/mol. The van der Waals surface area contributed by atoms with Crippen LogP contribution >= 0.6 is 0 Å². The Morgan fingerprint density at radius 3 is 2.88 bits per heavy atom. The van der Waals surface area contributed by atoms with Gasteiger partial charge in [-0.25, -0.2) is 4.98 Å². The highest BCUT2D eigenvalue weighted by atomic mass is 16.1. The van der Waals surface area contributed by atoms with Gasteiger partial charge < -0.3 is 5.73 Å². The van der Waals surface area contributed by atoms with E-state index in [2.05, 4.69) is 4.98 Å². The van der Waals surface area contributed by atoms with E-state index in [4.69, 9.17) is 5.73 Å². The molecule has 2 rings (SSSR count). The molecular weight excluding hydrogens is 202 g/mol. The molecule has 0 bridgehead atoms. The monoisotopic (exact) mass is 221 g/mol. The van der Waals surface area contributed by atoms with Crippen molar-refractivity contribution in [3.63, 3.8) is 0 Å². The molecule has 1 saturated carbocycles. The van der Waals surface area contributed by atoms with Crippen LogP contribution in [0.5, 0.6) is 0 Å². The Morgan fingerprint density at radius 2 is 2.19 bits per heavy atom. The lowest BCUT2D eigenvalue weighted by Gasteiger charge is -2.27. The third-order valence-corrected chi connectivity index (χ3v) is 3.46. The molecule has 1 atom stereocenters. The van der Waals surface area contributed by atoms with Crippen LogP contribution in [0.3, 0.4) is 0 Å². The smallest absolute Gasteiger partial charge is 0.253 e. The SMILES string of the molecule is NC(Cn1cnccc1=O)C1CCCCC1. The van der Waals surface area contributed by atoms with Gasteiger partial charge >= 0.3 is 0 Å². The number of aromatic nitrogens is 2. The highest BCUT2D eigenvalue weighted by Crippen LogP contribution is 2.25.